The number of nitrogens with one attached hydrogen (secondary N) is 8. The van der Waals surface area contributed by atoms with Crippen molar-refractivity contribution < 1.29 is 101 Å². The predicted molar refractivity (Wildman–Crippen MR) is 446 cm³/mol. The Bertz CT molecular complexity index is 5110. The Balaban J connectivity index is 0.000000426. The molecule has 0 saturated carbocycles. The zero-order valence-electron chi connectivity index (χ0n) is 71.9. The van der Waals surface area contributed by atoms with Crippen molar-refractivity contribution in [1.82, 2.24) is 70.9 Å². The number of anilines is 5. The van der Waals surface area contributed by atoms with E-state index in [4.69, 9.17) is 35.4 Å². The van der Waals surface area contributed by atoms with E-state index < -0.39 is 233 Å². The quantitative estimate of drug-likeness (QED) is 0.0238. The highest BCUT2D eigenvalue weighted by atomic mass is 16.6. The fourth-order valence-corrected chi connectivity index (χ4v) is 15.7. The molecule has 7 aliphatic rings. The number of ether oxygens (including phenoxy) is 2. The van der Waals surface area contributed by atoms with Crippen LogP contribution in [0.1, 0.15) is 150 Å². The second-order valence-electron chi connectivity index (χ2n) is 33.0. The van der Waals surface area contributed by atoms with Gasteiger partial charge in [0.05, 0.1) is 35.9 Å². The van der Waals surface area contributed by atoms with Gasteiger partial charge in [-0.3, -0.25) is 76.9 Å². The smallest absolute Gasteiger partial charge is 0.329 e. The molecule has 0 radical (unpaired) electrons. The van der Waals surface area contributed by atoms with Gasteiger partial charge in [-0.25, -0.2) is 19.4 Å². The first-order valence-corrected chi connectivity index (χ1v) is 40.7. The number of carboxylic acid groups (broad SMARTS) is 2. The number of fused-ring (bicyclic) bond motifs is 5. The normalized spacial score (nSPS) is 23.3. The number of benzene rings is 3. The van der Waals surface area contributed by atoms with Crippen molar-refractivity contribution in [3.05, 3.63) is 84.8 Å². The molecule has 124 heavy (non-hydrogen) atoms. The zero-order chi connectivity index (χ0) is 91.8. The van der Waals surface area contributed by atoms with Crippen LogP contribution in [0.25, 0.3) is 22.6 Å². The van der Waals surface area contributed by atoms with Gasteiger partial charge in [0.2, 0.25) is 65.0 Å². The zero-order valence-corrected chi connectivity index (χ0v) is 71.9. The van der Waals surface area contributed by atoms with Crippen LogP contribution in [0.3, 0.4) is 0 Å². The molecule has 1 aliphatic carbocycles. The van der Waals surface area contributed by atoms with E-state index in [0.717, 1.165) is 9.80 Å². The van der Waals surface area contributed by atoms with Gasteiger partial charge >= 0.3 is 23.9 Å². The van der Waals surface area contributed by atoms with Crippen molar-refractivity contribution in [2.45, 2.75) is 194 Å². The number of carboxylic acids is 2. The van der Waals surface area contributed by atoms with Gasteiger partial charge in [-0.15, -0.1) is 0 Å². The predicted octanol–water partition coefficient (Wildman–Crippen LogP) is -0.00546. The minimum atomic E-state index is -1.88. The first-order valence-electron chi connectivity index (χ1n) is 40.7. The summed E-state index contributed by atoms with van der Waals surface area (Å²) in [6, 6.07) is -3.54. The number of hydrogen-bond donors (Lipinski definition) is 12. The summed E-state index contributed by atoms with van der Waals surface area (Å²) >= 11 is 0. The molecule has 4 saturated heterocycles. The third-order valence-corrected chi connectivity index (χ3v) is 22.6. The standard InChI is InChI=1S/C62H86N12O16.C20H23N7O7/c1-27(2)42-59(84)73-23-17-19-36(73)57(82)69(13)25-38(75)71(15)48(29(5)6)61(86)88-33(11)44(55(80)65-42)67-53(78)35-22-21-31(9)51-46(35)64-47-40(41(63)50(77)32(10)52(47)90-51)54(79)68-45-34(12)89-62(87)49(30(7)8)72(16)39(76)26-70(14)58(83)37-20-18-24-74(37)60(85)43(28(3)4)66-56(45)81;21-20-25-16-15(18(32)26-20)27(9-28)12(8-23-16)7-22-11-3-1-10(2-4-11)17(31)24-13(19(33)34)5-6-14(29)30/h21-22,27-30,33-34,36-37,42-45,48-49H,17-20,23-26,63H2,1-16H3,(H,65,80)(H,66,81)(H,67,78)(H,68,79);1-4,9,12-13,22H,5-8H2,(H,24,31)(H,29,30)(H,33,34)(H4,21,23,25,26,32)/t33-,34-,36+,37+,42-,43-,44+,45+,48+,49+;12?,13-/m10/s1. The van der Waals surface area contributed by atoms with Crippen molar-refractivity contribution in [3.8, 4) is 11.5 Å². The lowest BCUT2D eigenvalue weighted by Gasteiger charge is -2.36. The van der Waals surface area contributed by atoms with Crippen LogP contribution in [-0.2, 0) is 71.8 Å². The number of esters is 2. The van der Waals surface area contributed by atoms with Crippen molar-refractivity contribution in [1.29, 1.82) is 0 Å². The third-order valence-electron chi connectivity index (χ3n) is 22.6. The number of H-pyrrole nitrogens is 1. The molecule has 10 rings (SSSR count). The van der Waals surface area contributed by atoms with E-state index in [1.54, 1.807) is 74.4 Å². The molecular weight excluding hydrogens is 1620 g/mol. The van der Waals surface area contributed by atoms with Crippen LogP contribution in [0, 0.1) is 37.5 Å². The highest BCUT2D eigenvalue weighted by molar-refractivity contribution is 6.11. The lowest BCUT2D eigenvalue weighted by molar-refractivity contribution is -0.163. The maximum Gasteiger partial charge on any atom is 0.329 e. The average Bonchev–Trinajstić information content (AvgIpc) is 0.813. The molecule has 14 N–H and O–H groups in total. The van der Waals surface area contributed by atoms with Gasteiger partial charge < -0.3 is 107 Å². The summed E-state index contributed by atoms with van der Waals surface area (Å²) in [5.74, 6) is -15.4. The molecule has 670 valence electrons. The van der Waals surface area contributed by atoms with E-state index in [2.05, 4.69) is 47.2 Å². The summed E-state index contributed by atoms with van der Waals surface area (Å²) in [4.78, 5) is 265. The van der Waals surface area contributed by atoms with Crippen LogP contribution in [0.2, 0.25) is 0 Å². The number of aryl methyl sites for hydroxylation is 1. The molecule has 6 aliphatic heterocycles. The number of cyclic esters (lactones) is 2. The number of carbonyl (C=O) groups is 16. The first kappa shape index (κ1) is 94.5. The van der Waals surface area contributed by atoms with E-state index in [9.17, 15) is 81.8 Å². The van der Waals surface area contributed by atoms with Gasteiger partial charge in [-0.2, -0.15) is 4.98 Å². The summed E-state index contributed by atoms with van der Waals surface area (Å²) in [5.41, 5.74) is 9.41. The van der Waals surface area contributed by atoms with E-state index in [0.29, 0.717) is 37.0 Å². The largest absolute Gasteiger partial charge is 0.481 e. The van der Waals surface area contributed by atoms with E-state index >= 15 is 9.59 Å². The Morgan fingerprint density at radius 3 is 1.61 bits per heavy atom. The minimum absolute atomic E-state index is 0.0603. The number of nitrogens with two attached hydrogens (primary N) is 2. The molecule has 12 atom stereocenters. The first-order chi connectivity index (χ1) is 58.3. The molecule has 0 spiro atoms. The number of aromatic amines is 1. The van der Waals surface area contributed by atoms with Gasteiger partial charge in [0.1, 0.15) is 77.8 Å². The number of aliphatic carboxylic acids is 2. The third kappa shape index (κ3) is 20.7. The SMILES string of the molecule is Cc1c2oc3c(C)ccc(C(=O)N[C@@H]4C(=O)N[C@H](C(C)C)C(=O)N5CCC[C@H]5C(=O)N(C)CC(=O)N(C)[C@@H](C(C)C)C(=O)O[C@@H]4C)c3nc-2c(C(=O)N[C@@H]2C(=O)N[C@H](C(C)C)C(=O)N3CCC[C@H]3C(=O)N(C)CC(=O)N(C)[C@@H](C(C)C)C(=O)O[C@@H]2C)c(N)c1=O.Nc1nc2c(c(=O)[nH]1)N(C=O)C(CNc1ccc(C(=O)N[C@@H](CCC(=O)O)C(=O)O)cc1)CN2. The van der Waals surface area contributed by atoms with E-state index in [-0.39, 0.29) is 89.9 Å². The van der Waals surface area contributed by atoms with Crippen LogP contribution < -0.4 is 64.6 Å². The van der Waals surface area contributed by atoms with Crippen molar-refractivity contribution in [3.63, 3.8) is 0 Å². The van der Waals surface area contributed by atoms with Crippen LogP contribution in [-0.4, -0.2) is 290 Å². The lowest BCUT2D eigenvalue weighted by atomic mass is 9.98. The molecule has 0 bridgehead atoms. The molecule has 2 aromatic carbocycles. The minimum Gasteiger partial charge on any atom is -0.481 e. The fourth-order valence-electron chi connectivity index (χ4n) is 15.7. The van der Waals surface area contributed by atoms with Crippen LogP contribution in [0.4, 0.5) is 28.8 Å². The number of likely N-dealkylation sites (N-methyl/N-ethyl adjacent to an activating group) is 4. The number of amides is 12. The summed E-state index contributed by atoms with van der Waals surface area (Å²) in [6.45, 7) is 18.9. The Hall–Kier alpha value is -13.3. The van der Waals surface area contributed by atoms with Gasteiger partial charge in [0.15, 0.2) is 22.8 Å². The monoisotopic (exact) mass is 1730 g/mol. The van der Waals surface area contributed by atoms with Crippen LogP contribution in [0.5, 0.6) is 0 Å². The highest BCUT2D eigenvalue weighted by Gasteiger charge is 2.47. The number of hydrogen-bond acceptors (Lipinski definition) is 27. The summed E-state index contributed by atoms with van der Waals surface area (Å²) in [6.07, 6.45) is -1.75. The summed E-state index contributed by atoms with van der Waals surface area (Å²) < 4.78 is 18.3. The Kier molecular flexibility index (Phi) is 30.2. The van der Waals surface area contributed by atoms with Crippen LogP contribution in [0.15, 0.2) is 50.4 Å². The number of carbonyl (C=O) groups excluding carboxylic acids is 14. The van der Waals surface area contributed by atoms with Gasteiger partial charge in [0, 0.05) is 77.6 Å². The molecule has 1 unspecified atom stereocenters. The molecule has 42 heteroatoms. The van der Waals surface area contributed by atoms with Crippen molar-refractivity contribution in [2.24, 2.45) is 23.7 Å². The number of aromatic nitrogens is 3. The summed E-state index contributed by atoms with van der Waals surface area (Å²) in [7, 11) is 5.59. The average molecular weight is 1730 g/mol. The number of rotatable bonds is 18. The highest BCUT2D eigenvalue weighted by Crippen LogP contribution is 2.36. The molecule has 7 heterocycles. The number of nitrogens with zero attached hydrogens (tertiary/aromatic N) is 9. The molecule has 1 aromatic heterocycles. The van der Waals surface area contributed by atoms with Gasteiger partial charge in [-0.05, 0) is 119 Å². The Morgan fingerprint density at radius 1 is 0.645 bits per heavy atom. The van der Waals surface area contributed by atoms with E-state index in [1.807, 2.05) is 0 Å². The Morgan fingerprint density at radius 2 is 1.15 bits per heavy atom. The molecule has 12 amide bonds. The topological polar surface area (TPSA) is 580 Å². The van der Waals surface area contributed by atoms with Gasteiger partial charge in [-0.1, -0.05) is 61.5 Å². The molecule has 4 fully saturated rings. The Labute approximate surface area is 712 Å². The second kappa shape index (κ2) is 39.7. The maximum atomic E-state index is 15.2. The molecule has 42 nitrogen and oxygen atoms in total. The summed E-state index contributed by atoms with van der Waals surface area (Å²) in [5, 5.41) is 36.9. The van der Waals surface area contributed by atoms with E-state index in [1.165, 1.54) is 97.7 Å². The second-order valence-corrected chi connectivity index (χ2v) is 33.0. The lowest BCUT2D eigenvalue weighted by Crippen LogP contribution is -2.61. The van der Waals surface area contributed by atoms with Gasteiger partial charge in [0.25, 0.3) is 23.3 Å². The van der Waals surface area contributed by atoms with Crippen LogP contribution >= 0.6 is 0 Å². The maximum absolute atomic E-state index is 15.2. The van der Waals surface area contributed by atoms with Crippen molar-refractivity contribution >= 4 is 135 Å². The molecule has 3 aromatic rings. The molecular formula is C82H109N19O23. The number of nitrogen functional groups attached to an aromatic ring is 2. The van der Waals surface area contributed by atoms with Crippen molar-refractivity contribution in [2.75, 3.05) is 94.5 Å². The fraction of sp³-hybridized carbons (Fsp3) is 0.537.